The lowest BCUT2D eigenvalue weighted by molar-refractivity contribution is 0.118. The van der Waals surface area contributed by atoms with Crippen molar-refractivity contribution >= 4 is 0 Å². The Hall–Kier alpha value is -0.0800. The van der Waals surface area contributed by atoms with Crippen molar-refractivity contribution in [3.05, 3.63) is 0 Å². The fraction of sp³-hybridized carbons (Fsp3) is 1.00. The van der Waals surface area contributed by atoms with Gasteiger partial charge in [0.25, 0.3) is 0 Å². The number of aliphatic hydroxyl groups excluding tert-OH is 1. The molecule has 0 aliphatic rings. The summed E-state index contributed by atoms with van der Waals surface area (Å²) in [5, 5.41) is 9.50. The third kappa shape index (κ3) is 9.17. The van der Waals surface area contributed by atoms with Crippen molar-refractivity contribution in [3.63, 3.8) is 0 Å². The summed E-state index contributed by atoms with van der Waals surface area (Å²) in [6.07, 6.45) is 11.6. The number of aliphatic hydroxyl groups is 1. The molecule has 0 heterocycles. The van der Waals surface area contributed by atoms with Crippen molar-refractivity contribution in [1.29, 1.82) is 0 Å². The average molecular weight is 229 g/mol. The third-order valence-electron chi connectivity index (χ3n) is 3.41. The highest BCUT2D eigenvalue weighted by Gasteiger charge is 2.11. The van der Waals surface area contributed by atoms with E-state index in [4.69, 9.17) is 5.73 Å². The average Bonchev–Trinajstić information content (AvgIpc) is 2.31. The van der Waals surface area contributed by atoms with E-state index in [1.807, 2.05) is 0 Å². The molecule has 3 N–H and O–H groups in total. The molecular formula is C14H31NO. The zero-order valence-electron chi connectivity index (χ0n) is 11.3. The van der Waals surface area contributed by atoms with Crippen LogP contribution in [0.1, 0.15) is 71.6 Å². The van der Waals surface area contributed by atoms with Crippen LogP contribution in [0.2, 0.25) is 0 Å². The minimum absolute atomic E-state index is 0.301. The molecule has 16 heavy (non-hydrogen) atoms. The zero-order valence-corrected chi connectivity index (χ0v) is 11.3. The molecule has 0 fully saturated rings. The molecule has 0 amide bonds. The molecule has 0 aromatic carbocycles. The van der Waals surface area contributed by atoms with Crippen LogP contribution in [0.5, 0.6) is 0 Å². The quantitative estimate of drug-likeness (QED) is 0.533. The molecular weight excluding hydrogens is 198 g/mol. The van der Waals surface area contributed by atoms with Crippen molar-refractivity contribution in [1.82, 2.24) is 0 Å². The second kappa shape index (κ2) is 11.4. The van der Waals surface area contributed by atoms with Crippen molar-refractivity contribution in [2.45, 2.75) is 77.7 Å². The van der Waals surface area contributed by atoms with Crippen LogP contribution in [-0.4, -0.2) is 17.8 Å². The summed E-state index contributed by atoms with van der Waals surface area (Å²) in [6, 6.07) is 0. The molecule has 0 aliphatic carbocycles. The molecule has 0 bridgehead atoms. The van der Waals surface area contributed by atoms with E-state index >= 15 is 0 Å². The van der Waals surface area contributed by atoms with Crippen LogP contribution >= 0.6 is 0 Å². The number of unbranched alkanes of at least 4 members (excludes halogenated alkanes) is 7. The topological polar surface area (TPSA) is 46.2 Å². The third-order valence-corrected chi connectivity index (χ3v) is 3.41. The summed E-state index contributed by atoms with van der Waals surface area (Å²) in [5.74, 6) is 0.366. The van der Waals surface area contributed by atoms with E-state index in [9.17, 15) is 5.11 Å². The van der Waals surface area contributed by atoms with E-state index in [1.54, 1.807) is 0 Å². The van der Waals surface area contributed by atoms with Crippen molar-refractivity contribution < 1.29 is 5.11 Å². The molecule has 0 aliphatic heterocycles. The van der Waals surface area contributed by atoms with Gasteiger partial charge >= 0.3 is 0 Å². The van der Waals surface area contributed by atoms with E-state index in [-0.39, 0.29) is 6.10 Å². The maximum absolute atomic E-state index is 9.50. The van der Waals surface area contributed by atoms with Crippen LogP contribution in [0.4, 0.5) is 0 Å². The molecule has 0 rings (SSSR count). The number of rotatable bonds is 11. The van der Waals surface area contributed by atoms with Gasteiger partial charge < -0.3 is 10.8 Å². The first-order valence-electron chi connectivity index (χ1n) is 7.10. The number of hydrogen-bond donors (Lipinski definition) is 2. The molecule has 2 nitrogen and oxygen atoms in total. The van der Waals surface area contributed by atoms with Crippen LogP contribution in [0, 0.1) is 5.92 Å². The Labute approximate surface area is 102 Å². The summed E-state index contributed by atoms with van der Waals surface area (Å²) in [4.78, 5) is 0. The molecule has 0 aromatic heterocycles. The van der Waals surface area contributed by atoms with E-state index < -0.39 is 0 Å². The summed E-state index contributed by atoms with van der Waals surface area (Å²) < 4.78 is 0. The van der Waals surface area contributed by atoms with E-state index in [0.717, 1.165) is 6.42 Å². The largest absolute Gasteiger partial charge is 0.392 e. The molecule has 98 valence electrons. The first kappa shape index (κ1) is 15.9. The normalized spacial score (nSPS) is 15.0. The van der Waals surface area contributed by atoms with Gasteiger partial charge in [-0.05, 0) is 12.3 Å². The molecule has 0 saturated carbocycles. The van der Waals surface area contributed by atoms with Gasteiger partial charge in [0.15, 0.2) is 0 Å². The van der Waals surface area contributed by atoms with Gasteiger partial charge in [0.2, 0.25) is 0 Å². The SMILES string of the molecule is CCCCCCCCCCC(C)C(O)CN. The number of nitrogens with two attached hydrogens (primary N) is 1. The van der Waals surface area contributed by atoms with Crippen molar-refractivity contribution in [2.24, 2.45) is 11.7 Å². The highest BCUT2D eigenvalue weighted by atomic mass is 16.3. The fourth-order valence-electron chi connectivity index (χ4n) is 2.02. The molecule has 0 radical (unpaired) electrons. The van der Waals surface area contributed by atoms with Gasteiger partial charge in [-0.15, -0.1) is 0 Å². The Morgan fingerprint density at radius 2 is 1.44 bits per heavy atom. The van der Waals surface area contributed by atoms with Gasteiger partial charge in [-0.25, -0.2) is 0 Å². The van der Waals surface area contributed by atoms with Crippen LogP contribution < -0.4 is 5.73 Å². The lowest BCUT2D eigenvalue weighted by Crippen LogP contribution is -2.26. The van der Waals surface area contributed by atoms with Crippen molar-refractivity contribution in [2.75, 3.05) is 6.54 Å². The molecule has 0 saturated heterocycles. The first-order valence-corrected chi connectivity index (χ1v) is 7.10. The Kier molecular flexibility index (Phi) is 11.3. The summed E-state index contributed by atoms with van der Waals surface area (Å²) in [5.41, 5.74) is 5.42. The van der Waals surface area contributed by atoms with Crippen LogP contribution in [0.3, 0.4) is 0 Å². The Balaban J connectivity index is 3.14. The molecule has 2 unspecified atom stereocenters. The smallest absolute Gasteiger partial charge is 0.0687 e. The lowest BCUT2D eigenvalue weighted by atomic mass is 9.97. The fourth-order valence-corrected chi connectivity index (χ4v) is 2.02. The van der Waals surface area contributed by atoms with Crippen LogP contribution in [0.25, 0.3) is 0 Å². The summed E-state index contributed by atoms with van der Waals surface area (Å²) in [6.45, 7) is 4.75. The highest BCUT2D eigenvalue weighted by Crippen LogP contribution is 2.15. The molecule has 2 atom stereocenters. The minimum atomic E-state index is -0.301. The van der Waals surface area contributed by atoms with Gasteiger partial charge in [0.05, 0.1) is 6.10 Å². The van der Waals surface area contributed by atoms with E-state index in [2.05, 4.69) is 13.8 Å². The van der Waals surface area contributed by atoms with Gasteiger partial charge in [-0.2, -0.15) is 0 Å². The second-order valence-electron chi connectivity index (χ2n) is 5.04. The van der Waals surface area contributed by atoms with Gasteiger partial charge in [0, 0.05) is 6.54 Å². The van der Waals surface area contributed by atoms with Crippen LogP contribution in [-0.2, 0) is 0 Å². The highest BCUT2D eigenvalue weighted by molar-refractivity contribution is 4.64. The number of hydrogen-bond acceptors (Lipinski definition) is 2. The minimum Gasteiger partial charge on any atom is -0.392 e. The zero-order chi connectivity index (χ0) is 12.2. The monoisotopic (exact) mass is 229 g/mol. The Morgan fingerprint density at radius 3 is 1.94 bits per heavy atom. The first-order chi connectivity index (χ1) is 7.72. The molecule has 2 heteroatoms. The van der Waals surface area contributed by atoms with Gasteiger partial charge in [-0.3, -0.25) is 0 Å². The predicted molar refractivity (Wildman–Crippen MR) is 71.5 cm³/mol. The maximum atomic E-state index is 9.50. The standard InChI is InChI=1S/C14H31NO/c1-3-4-5-6-7-8-9-10-11-13(2)14(16)12-15/h13-14,16H,3-12,15H2,1-2H3. The summed E-state index contributed by atoms with van der Waals surface area (Å²) >= 11 is 0. The van der Waals surface area contributed by atoms with Crippen LogP contribution in [0.15, 0.2) is 0 Å². The van der Waals surface area contributed by atoms with Gasteiger partial charge in [0.1, 0.15) is 0 Å². The Bertz CT molecular complexity index is 139. The lowest BCUT2D eigenvalue weighted by Gasteiger charge is -2.16. The molecule has 0 aromatic rings. The Morgan fingerprint density at radius 1 is 0.938 bits per heavy atom. The second-order valence-corrected chi connectivity index (χ2v) is 5.04. The van der Waals surface area contributed by atoms with E-state index in [0.29, 0.717) is 12.5 Å². The van der Waals surface area contributed by atoms with Crippen molar-refractivity contribution in [3.8, 4) is 0 Å². The predicted octanol–water partition coefficient (Wildman–Crippen LogP) is 3.47. The van der Waals surface area contributed by atoms with Gasteiger partial charge in [-0.1, -0.05) is 65.2 Å². The maximum Gasteiger partial charge on any atom is 0.0687 e. The molecule has 0 spiro atoms. The summed E-state index contributed by atoms with van der Waals surface area (Å²) in [7, 11) is 0. The van der Waals surface area contributed by atoms with E-state index in [1.165, 1.54) is 51.4 Å².